The Bertz CT molecular complexity index is 292. The largest absolute Gasteiger partial charge is 0.393 e. The minimum Gasteiger partial charge on any atom is -0.393 e. The molecule has 0 bridgehead atoms. The number of nitrogens with one attached hydrogen (secondary N) is 1. The van der Waals surface area contributed by atoms with Gasteiger partial charge in [-0.05, 0) is 18.6 Å². The van der Waals surface area contributed by atoms with Gasteiger partial charge in [0.2, 0.25) is 0 Å². The molecule has 0 aliphatic rings. The number of hydrogen-bond donors (Lipinski definition) is 1. The van der Waals surface area contributed by atoms with Crippen molar-refractivity contribution >= 4 is 5.69 Å². The zero-order valence-corrected chi connectivity index (χ0v) is 8.41. The number of rotatable bonds is 3. The van der Waals surface area contributed by atoms with Crippen LogP contribution in [-0.2, 0) is 0 Å². The van der Waals surface area contributed by atoms with Crippen LogP contribution in [0.5, 0.6) is 0 Å². The van der Waals surface area contributed by atoms with Crippen molar-refractivity contribution in [1.82, 2.24) is 5.32 Å². The summed E-state index contributed by atoms with van der Waals surface area (Å²) in [5, 5.41) is 2.97. The summed E-state index contributed by atoms with van der Waals surface area (Å²) in [5.41, 5.74) is 2.51. The molecule has 0 aromatic heterocycles. The molecule has 1 rings (SSSR count). The Morgan fingerprint density at radius 2 is 2.00 bits per heavy atom. The van der Waals surface area contributed by atoms with E-state index in [-0.39, 0.29) is 0 Å². The van der Waals surface area contributed by atoms with Crippen LogP contribution in [0.2, 0.25) is 0 Å². The Morgan fingerprint density at radius 1 is 1.31 bits per heavy atom. The topological polar surface area (TPSA) is 15.3 Å². The van der Waals surface area contributed by atoms with Crippen molar-refractivity contribution in [3.8, 4) is 0 Å². The SMILES string of the molecule is CN/C=C/N(C)c1ccccc1C. The maximum absolute atomic E-state index is 2.97. The van der Waals surface area contributed by atoms with Gasteiger partial charge in [-0.15, -0.1) is 0 Å². The van der Waals surface area contributed by atoms with Gasteiger partial charge < -0.3 is 10.2 Å². The predicted octanol–water partition coefficient (Wildman–Crippen LogP) is 2.12. The molecule has 0 radical (unpaired) electrons. The molecular formula is C11H16N2. The van der Waals surface area contributed by atoms with Crippen molar-refractivity contribution in [2.75, 3.05) is 19.0 Å². The summed E-state index contributed by atoms with van der Waals surface area (Å²) in [6.45, 7) is 2.11. The lowest BCUT2D eigenvalue weighted by molar-refractivity contribution is 1.07. The molecule has 0 spiro atoms. The van der Waals surface area contributed by atoms with Crippen molar-refractivity contribution in [2.24, 2.45) is 0 Å². The van der Waals surface area contributed by atoms with E-state index in [2.05, 4.69) is 35.3 Å². The minimum atomic E-state index is 1.23. The van der Waals surface area contributed by atoms with Gasteiger partial charge in [-0.1, -0.05) is 18.2 Å². The minimum absolute atomic E-state index is 1.23. The highest BCUT2D eigenvalue weighted by Crippen LogP contribution is 2.17. The molecule has 2 nitrogen and oxygen atoms in total. The van der Waals surface area contributed by atoms with Crippen molar-refractivity contribution in [3.05, 3.63) is 42.2 Å². The lowest BCUT2D eigenvalue weighted by Crippen LogP contribution is -2.10. The van der Waals surface area contributed by atoms with Crippen LogP contribution in [0.25, 0.3) is 0 Å². The first-order chi connectivity index (χ1) is 6.25. The van der Waals surface area contributed by atoms with Crippen LogP contribution in [0.15, 0.2) is 36.7 Å². The smallest absolute Gasteiger partial charge is 0.0433 e. The second-order valence-corrected chi connectivity index (χ2v) is 3.00. The quantitative estimate of drug-likeness (QED) is 0.759. The molecule has 0 aliphatic heterocycles. The Kier molecular flexibility index (Phi) is 3.38. The van der Waals surface area contributed by atoms with Crippen LogP contribution >= 0.6 is 0 Å². The second-order valence-electron chi connectivity index (χ2n) is 3.00. The maximum Gasteiger partial charge on any atom is 0.0433 e. The van der Waals surface area contributed by atoms with Crippen LogP contribution in [0, 0.1) is 6.92 Å². The van der Waals surface area contributed by atoms with E-state index in [0.29, 0.717) is 0 Å². The van der Waals surface area contributed by atoms with E-state index < -0.39 is 0 Å². The first kappa shape index (κ1) is 9.65. The summed E-state index contributed by atoms with van der Waals surface area (Å²) >= 11 is 0. The van der Waals surface area contributed by atoms with Gasteiger partial charge in [-0.25, -0.2) is 0 Å². The number of benzene rings is 1. The number of para-hydroxylation sites is 1. The van der Waals surface area contributed by atoms with Gasteiger partial charge in [0, 0.05) is 32.2 Å². The van der Waals surface area contributed by atoms with Gasteiger partial charge >= 0.3 is 0 Å². The van der Waals surface area contributed by atoms with E-state index in [9.17, 15) is 0 Å². The molecular weight excluding hydrogens is 160 g/mol. The van der Waals surface area contributed by atoms with Gasteiger partial charge in [0.1, 0.15) is 0 Å². The predicted molar refractivity (Wildman–Crippen MR) is 57.8 cm³/mol. The average molecular weight is 176 g/mol. The molecule has 0 fully saturated rings. The molecule has 1 aromatic carbocycles. The number of nitrogens with zero attached hydrogens (tertiary/aromatic N) is 1. The van der Waals surface area contributed by atoms with Gasteiger partial charge in [0.05, 0.1) is 0 Å². The fourth-order valence-electron chi connectivity index (χ4n) is 1.23. The first-order valence-corrected chi connectivity index (χ1v) is 4.38. The lowest BCUT2D eigenvalue weighted by atomic mass is 10.2. The standard InChI is InChI=1S/C11H16N2/c1-10-6-4-5-7-11(10)13(3)9-8-12-2/h4-9,12H,1-3H3/b9-8+. The van der Waals surface area contributed by atoms with Crippen LogP contribution in [0.1, 0.15) is 5.56 Å². The molecule has 70 valence electrons. The molecule has 2 heteroatoms. The molecule has 1 aromatic rings. The molecule has 0 aliphatic carbocycles. The molecule has 0 atom stereocenters. The molecule has 1 N–H and O–H groups in total. The van der Waals surface area contributed by atoms with Crippen molar-refractivity contribution in [2.45, 2.75) is 6.92 Å². The maximum atomic E-state index is 2.97. The van der Waals surface area contributed by atoms with Crippen molar-refractivity contribution < 1.29 is 0 Å². The van der Waals surface area contributed by atoms with Gasteiger partial charge in [-0.3, -0.25) is 0 Å². The third-order valence-corrected chi connectivity index (χ3v) is 1.96. The fraction of sp³-hybridized carbons (Fsp3) is 0.273. The molecule has 13 heavy (non-hydrogen) atoms. The van der Waals surface area contributed by atoms with Gasteiger partial charge in [0.25, 0.3) is 0 Å². The zero-order chi connectivity index (χ0) is 9.68. The average Bonchev–Trinajstić information content (AvgIpc) is 2.15. The second kappa shape index (κ2) is 4.55. The Morgan fingerprint density at radius 3 is 2.62 bits per heavy atom. The summed E-state index contributed by atoms with van der Waals surface area (Å²) < 4.78 is 0. The van der Waals surface area contributed by atoms with Crippen molar-refractivity contribution in [1.29, 1.82) is 0 Å². The Labute approximate surface area is 79.9 Å². The third-order valence-electron chi connectivity index (χ3n) is 1.96. The highest BCUT2D eigenvalue weighted by Gasteiger charge is 1.98. The van der Waals surface area contributed by atoms with Crippen LogP contribution in [0.3, 0.4) is 0 Å². The van der Waals surface area contributed by atoms with E-state index in [1.807, 2.05) is 32.6 Å². The first-order valence-electron chi connectivity index (χ1n) is 4.38. The molecule has 0 heterocycles. The van der Waals surface area contributed by atoms with E-state index in [1.54, 1.807) is 0 Å². The highest BCUT2D eigenvalue weighted by atomic mass is 15.1. The summed E-state index contributed by atoms with van der Waals surface area (Å²) in [5.74, 6) is 0. The Hall–Kier alpha value is -1.44. The van der Waals surface area contributed by atoms with Crippen LogP contribution < -0.4 is 10.2 Å². The normalized spacial score (nSPS) is 10.4. The van der Waals surface area contributed by atoms with E-state index >= 15 is 0 Å². The molecule has 0 saturated carbocycles. The number of anilines is 1. The van der Waals surface area contributed by atoms with Gasteiger partial charge in [0.15, 0.2) is 0 Å². The van der Waals surface area contributed by atoms with Crippen molar-refractivity contribution in [3.63, 3.8) is 0 Å². The highest BCUT2D eigenvalue weighted by molar-refractivity contribution is 5.54. The van der Waals surface area contributed by atoms with Gasteiger partial charge in [-0.2, -0.15) is 0 Å². The van der Waals surface area contributed by atoms with Crippen LogP contribution in [-0.4, -0.2) is 14.1 Å². The third kappa shape index (κ3) is 2.51. The Balaban J connectivity index is 2.82. The summed E-state index contributed by atoms with van der Waals surface area (Å²) in [6.07, 6.45) is 3.91. The van der Waals surface area contributed by atoms with Crippen LogP contribution in [0.4, 0.5) is 5.69 Å². The molecule has 0 amide bonds. The number of aryl methyl sites for hydroxylation is 1. The van der Waals surface area contributed by atoms with E-state index in [0.717, 1.165) is 0 Å². The summed E-state index contributed by atoms with van der Waals surface area (Å²) in [4.78, 5) is 2.09. The lowest BCUT2D eigenvalue weighted by Gasteiger charge is -2.16. The fourth-order valence-corrected chi connectivity index (χ4v) is 1.23. The zero-order valence-electron chi connectivity index (χ0n) is 8.41. The molecule has 0 unspecified atom stereocenters. The van der Waals surface area contributed by atoms with E-state index in [1.165, 1.54) is 11.3 Å². The summed E-state index contributed by atoms with van der Waals surface area (Å²) in [7, 11) is 3.93. The monoisotopic (exact) mass is 176 g/mol. The number of hydrogen-bond acceptors (Lipinski definition) is 2. The van der Waals surface area contributed by atoms with E-state index in [4.69, 9.17) is 0 Å². The summed E-state index contributed by atoms with van der Waals surface area (Å²) in [6, 6.07) is 8.31. The molecule has 0 saturated heterocycles.